The number of benzene rings is 1. The molecule has 0 spiro atoms. The van der Waals surface area contributed by atoms with Crippen LogP contribution < -0.4 is 10.2 Å². The van der Waals surface area contributed by atoms with Crippen LogP contribution >= 0.6 is 22.9 Å². The van der Waals surface area contributed by atoms with Crippen LogP contribution in [0.3, 0.4) is 0 Å². The molecule has 0 radical (unpaired) electrons. The Balaban J connectivity index is 1.77. The van der Waals surface area contributed by atoms with Gasteiger partial charge in [0.1, 0.15) is 22.8 Å². The van der Waals surface area contributed by atoms with Gasteiger partial charge in [-0.1, -0.05) is 11.6 Å². The minimum Gasteiger partial charge on any atom is -0.356 e. The van der Waals surface area contributed by atoms with Crippen molar-refractivity contribution in [2.24, 2.45) is 0 Å². The second-order valence-corrected chi connectivity index (χ2v) is 8.15. The van der Waals surface area contributed by atoms with Crippen molar-refractivity contribution in [2.45, 2.75) is 26.2 Å². The zero-order valence-electron chi connectivity index (χ0n) is 14.8. The van der Waals surface area contributed by atoms with E-state index in [1.54, 1.807) is 6.33 Å². The molecule has 1 fully saturated rings. The minimum atomic E-state index is -0.459. The summed E-state index contributed by atoms with van der Waals surface area (Å²) in [4.78, 5) is 25.7. The molecule has 1 saturated heterocycles. The van der Waals surface area contributed by atoms with Crippen LogP contribution in [0.5, 0.6) is 0 Å². The molecule has 0 aliphatic carbocycles. The van der Waals surface area contributed by atoms with Crippen molar-refractivity contribution < 1.29 is 9.18 Å². The van der Waals surface area contributed by atoms with Gasteiger partial charge < -0.3 is 10.2 Å². The molecule has 0 saturated carbocycles. The maximum Gasteiger partial charge on any atom is 0.257 e. The van der Waals surface area contributed by atoms with E-state index in [-0.39, 0.29) is 16.6 Å². The van der Waals surface area contributed by atoms with E-state index in [1.165, 1.54) is 36.0 Å². The van der Waals surface area contributed by atoms with Crippen molar-refractivity contribution in [1.29, 1.82) is 0 Å². The van der Waals surface area contributed by atoms with Crippen LogP contribution in [-0.2, 0) is 0 Å². The Kier molecular flexibility index (Phi) is 4.97. The first-order valence-corrected chi connectivity index (χ1v) is 9.99. The van der Waals surface area contributed by atoms with E-state index in [1.807, 2.05) is 6.92 Å². The second kappa shape index (κ2) is 7.40. The van der Waals surface area contributed by atoms with Gasteiger partial charge in [0.25, 0.3) is 5.91 Å². The maximum absolute atomic E-state index is 13.5. The number of fused-ring (bicyclic) bond motifs is 1. The molecule has 1 amide bonds. The number of carbonyl (C=O) groups is 1. The molecule has 5 nitrogen and oxygen atoms in total. The van der Waals surface area contributed by atoms with Gasteiger partial charge in [0.05, 0.1) is 21.7 Å². The number of nitrogens with zero attached hydrogens (tertiary/aromatic N) is 3. The Hall–Kier alpha value is -2.25. The summed E-state index contributed by atoms with van der Waals surface area (Å²) in [5.74, 6) is -0.00205. The monoisotopic (exact) mass is 404 g/mol. The van der Waals surface area contributed by atoms with Crippen molar-refractivity contribution in [3.05, 3.63) is 45.8 Å². The quantitative estimate of drug-likeness (QED) is 0.664. The lowest BCUT2D eigenvalue weighted by Crippen LogP contribution is -2.30. The van der Waals surface area contributed by atoms with Crippen molar-refractivity contribution in [3.8, 4) is 0 Å². The third kappa shape index (κ3) is 3.49. The van der Waals surface area contributed by atoms with Gasteiger partial charge in [0.15, 0.2) is 0 Å². The Morgan fingerprint density at radius 1 is 1.26 bits per heavy atom. The Morgan fingerprint density at radius 3 is 2.81 bits per heavy atom. The molecule has 2 aromatic heterocycles. The summed E-state index contributed by atoms with van der Waals surface area (Å²) in [5.41, 5.74) is 0.772. The first kappa shape index (κ1) is 18.1. The number of halogens is 2. The number of aryl methyl sites for hydroxylation is 1. The fourth-order valence-electron chi connectivity index (χ4n) is 3.43. The normalized spacial score (nSPS) is 14.6. The summed E-state index contributed by atoms with van der Waals surface area (Å²) in [5, 5.41) is 3.78. The molecule has 3 heterocycles. The van der Waals surface area contributed by atoms with E-state index in [9.17, 15) is 9.18 Å². The van der Waals surface area contributed by atoms with E-state index in [2.05, 4.69) is 20.2 Å². The van der Waals surface area contributed by atoms with Gasteiger partial charge in [-0.2, -0.15) is 0 Å². The molecule has 3 aromatic rings. The molecule has 8 heteroatoms. The third-order valence-electron chi connectivity index (χ3n) is 4.70. The van der Waals surface area contributed by atoms with Gasteiger partial charge in [0.2, 0.25) is 0 Å². The van der Waals surface area contributed by atoms with Gasteiger partial charge in [0, 0.05) is 18.0 Å². The fraction of sp³-hybridized carbons (Fsp3) is 0.316. The molecule has 1 aliphatic heterocycles. The minimum absolute atomic E-state index is 0.247. The summed E-state index contributed by atoms with van der Waals surface area (Å²) in [7, 11) is 0. The molecule has 27 heavy (non-hydrogen) atoms. The molecule has 0 atom stereocenters. The number of aromatic nitrogens is 2. The zero-order valence-corrected chi connectivity index (χ0v) is 16.3. The van der Waals surface area contributed by atoms with Crippen LogP contribution in [0.1, 0.15) is 34.5 Å². The van der Waals surface area contributed by atoms with Crippen LogP contribution in [0.2, 0.25) is 5.02 Å². The number of carbonyl (C=O) groups excluding carboxylic acids is 1. The molecule has 1 aliphatic rings. The lowest BCUT2D eigenvalue weighted by Gasteiger charge is -2.28. The van der Waals surface area contributed by atoms with Gasteiger partial charge in [-0.25, -0.2) is 14.4 Å². The predicted molar refractivity (Wildman–Crippen MR) is 108 cm³/mol. The molecule has 0 bridgehead atoms. The summed E-state index contributed by atoms with van der Waals surface area (Å²) in [6, 6.07) is 3.89. The fourth-order valence-corrected chi connectivity index (χ4v) is 4.57. The SMILES string of the molecule is Cc1sc2ncnc(N3CCCCC3)c2c1C(=O)Nc1cc(F)ccc1Cl. The zero-order chi connectivity index (χ0) is 19.0. The number of piperidine rings is 1. The smallest absolute Gasteiger partial charge is 0.257 e. The lowest BCUT2D eigenvalue weighted by molar-refractivity contribution is 0.102. The third-order valence-corrected chi connectivity index (χ3v) is 6.05. The number of hydrogen-bond acceptors (Lipinski definition) is 5. The lowest BCUT2D eigenvalue weighted by atomic mass is 10.1. The number of thiophene rings is 1. The number of nitrogens with one attached hydrogen (secondary N) is 1. The molecule has 140 valence electrons. The summed E-state index contributed by atoms with van der Waals surface area (Å²) < 4.78 is 13.5. The van der Waals surface area contributed by atoms with Gasteiger partial charge in [-0.3, -0.25) is 4.79 Å². The van der Waals surface area contributed by atoms with Crippen molar-refractivity contribution >= 4 is 50.6 Å². The maximum atomic E-state index is 13.5. The van der Waals surface area contributed by atoms with Crippen molar-refractivity contribution in [3.63, 3.8) is 0 Å². The molecular weight excluding hydrogens is 387 g/mol. The largest absolute Gasteiger partial charge is 0.356 e. The molecule has 1 N–H and O–H groups in total. The van der Waals surface area contributed by atoms with Gasteiger partial charge in [-0.05, 0) is 44.4 Å². The van der Waals surface area contributed by atoms with Crippen LogP contribution in [0.15, 0.2) is 24.5 Å². The Bertz CT molecular complexity index is 1020. The first-order chi connectivity index (χ1) is 13.0. The summed E-state index contributed by atoms with van der Waals surface area (Å²) in [6.45, 7) is 3.71. The van der Waals surface area contributed by atoms with Crippen LogP contribution in [0, 0.1) is 12.7 Å². The average molecular weight is 405 g/mol. The van der Waals surface area contributed by atoms with Gasteiger partial charge >= 0.3 is 0 Å². The highest BCUT2D eigenvalue weighted by Gasteiger charge is 2.24. The van der Waals surface area contributed by atoms with Crippen LogP contribution in [0.4, 0.5) is 15.9 Å². The number of anilines is 2. The molecule has 1 aromatic carbocycles. The van der Waals surface area contributed by atoms with Crippen LogP contribution in [-0.4, -0.2) is 29.0 Å². The summed E-state index contributed by atoms with van der Waals surface area (Å²) >= 11 is 7.56. The standard InChI is InChI=1S/C19H18ClFN4OS/c1-11-15(18(26)24-14-9-12(21)5-6-13(14)20)16-17(22-10-23-19(16)27-11)25-7-3-2-4-8-25/h5-6,9-10H,2-4,7-8H2,1H3,(H,24,26). The number of rotatable bonds is 3. The summed E-state index contributed by atoms with van der Waals surface area (Å²) in [6.07, 6.45) is 4.97. The molecular formula is C19H18ClFN4OS. The Morgan fingerprint density at radius 2 is 2.04 bits per heavy atom. The second-order valence-electron chi connectivity index (χ2n) is 6.54. The van der Waals surface area contributed by atoms with E-state index >= 15 is 0 Å². The van der Waals surface area contributed by atoms with E-state index in [0.29, 0.717) is 5.56 Å². The van der Waals surface area contributed by atoms with Crippen LogP contribution in [0.25, 0.3) is 10.2 Å². The van der Waals surface area contributed by atoms with E-state index < -0.39 is 5.82 Å². The van der Waals surface area contributed by atoms with Gasteiger partial charge in [-0.15, -0.1) is 11.3 Å². The van der Waals surface area contributed by atoms with Crippen molar-refractivity contribution in [1.82, 2.24) is 9.97 Å². The molecule has 0 unspecified atom stereocenters. The first-order valence-electron chi connectivity index (χ1n) is 8.80. The highest BCUT2D eigenvalue weighted by molar-refractivity contribution is 7.19. The molecule has 4 rings (SSSR count). The number of hydrogen-bond donors (Lipinski definition) is 1. The van der Waals surface area contributed by atoms with E-state index in [0.717, 1.165) is 46.8 Å². The highest BCUT2D eigenvalue weighted by Crippen LogP contribution is 2.36. The Labute approximate surface area is 165 Å². The topological polar surface area (TPSA) is 58.1 Å². The highest BCUT2D eigenvalue weighted by atomic mass is 35.5. The number of amides is 1. The van der Waals surface area contributed by atoms with E-state index in [4.69, 9.17) is 11.6 Å². The van der Waals surface area contributed by atoms with Crippen molar-refractivity contribution in [2.75, 3.05) is 23.3 Å². The predicted octanol–water partition coefficient (Wildman–Crippen LogP) is 5.03. The average Bonchev–Trinajstić information content (AvgIpc) is 3.01.